The maximum Gasteiger partial charge on any atom is 0.244 e. The Kier molecular flexibility index (Phi) is 6.19. The fraction of sp³-hybridized carbons (Fsp3) is 0.500. The van der Waals surface area contributed by atoms with Crippen molar-refractivity contribution in [3.8, 4) is 0 Å². The molecule has 6 nitrogen and oxygen atoms in total. The van der Waals surface area contributed by atoms with Gasteiger partial charge in [-0.05, 0) is 24.5 Å². The molecule has 3 amide bonds. The van der Waals surface area contributed by atoms with Crippen LogP contribution in [0.15, 0.2) is 24.3 Å². The number of nitrogens with two attached hydrogens (primary N) is 1. The van der Waals surface area contributed by atoms with Gasteiger partial charge in [0.1, 0.15) is 0 Å². The van der Waals surface area contributed by atoms with Crippen molar-refractivity contribution in [3.63, 3.8) is 0 Å². The summed E-state index contributed by atoms with van der Waals surface area (Å²) in [6.07, 6.45) is 4.93. The normalized spacial score (nSPS) is 19.5. The molecule has 7 heteroatoms. The van der Waals surface area contributed by atoms with Crippen LogP contribution >= 0.6 is 12.4 Å². The summed E-state index contributed by atoms with van der Waals surface area (Å²) in [5.41, 5.74) is 6.81. The molecule has 25 heavy (non-hydrogen) atoms. The first kappa shape index (κ1) is 19.4. The van der Waals surface area contributed by atoms with Crippen LogP contribution in [0.4, 0.5) is 5.69 Å². The lowest BCUT2D eigenvalue weighted by Crippen LogP contribution is -2.52. The fourth-order valence-corrected chi connectivity index (χ4v) is 3.41. The summed E-state index contributed by atoms with van der Waals surface area (Å²) in [4.78, 5) is 37.5. The number of amides is 3. The molecule has 136 valence electrons. The number of para-hydroxylation sites is 1. The molecule has 3 N–H and O–H groups in total. The molecule has 0 bridgehead atoms. The number of nitrogens with zero attached hydrogens (tertiary/aromatic N) is 1. The minimum Gasteiger partial charge on any atom is -0.324 e. The first-order valence-corrected chi connectivity index (χ1v) is 8.51. The monoisotopic (exact) mass is 365 g/mol. The molecule has 0 spiro atoms. The minimum atomic E-state index is -0.829. The maximum absolute atomic E-state index is 12.6. The van der Waals surface area contributed by atoms with Crippen molar-refractivity contribution < 1.29 is 14.4 Å². The van der Waals surface area contributed by atoms with Gasteiger partial charge in [-0.2, -0.15) is 0 Å². The molecule has 0 radical (unpaired) electrons. The lowest BCUT2D eigenvalue weighted by atomic mass is 9.82. The number of hydrogen-bond acceptors (Lipinski definition) is 4. The van der Waals surface area contributed by atoms with Crippen LogP contribution in [-0.4, -0.2) is 28.2 Å². The van der Waals surface area contributed by atoms with Gasteiger partial charge in [-0.25, -0.2) is 0 Å². The summed E-state index contributed by atoms with van der Waals surface area (Å²) in [5.74, 6) is -0.513. The first-order valence-electron chi connectivity index (χ1n) is 8.51. The number of anilines is 1. The third-order valence-electron chi connectivity index (χ3n) is 4.95. The second-order valence-corrected chi connectivity index (χ2v) is 6.70. The zero-order valence-electron chi connectivity index (χ0n) is 14.1. The molecule has 1 heterocycles. The molecule has 2 aliphatic rings. The highest BCUT2D eigenvalue weighted by Gasteiger charge is 2.36. The van der Waals surface area contributed by atoms with E-state index in [9.17, 15) is 14.4 Å². The van der Waals surface area contributed by atoms with Gasteiger partial charge in [0.25, 0.3) is 0 Å². The van der Waals surface area contributed by atoms with Crippen molar-refractivity contribution in [3.05, 3.63) is 29.8 Å². The van der Waals surface area contributed by atoms with Crippen LogP contribution in [0.3, 0.4) is 0 Å². The van der Waals surface area contributed by atoms with E-state index in [1.54, 1.807) is 6.07 Å². The highest BCUT2D eigenvalue weighted by molar-refractivity contribution is 6.02. The van der Waals surface area contributed by atoms with E-state index in [1.807, 2.05) is 18.2 Å². The van der Waals surface area contributed by atoms with Crippen molar-refractivity contribution in [2.45, 2.75) is 57.0 Å². The van der Waals surface area contributed by atoms with Crippen LogP contribution in [0.5, 0.6) is 0 Å². The van der Waals surface area contributed by atoms with Gasteiger partial charge in [-0.1, -0.05) is 37.5 Å². The number of nitrogens with one attached hydrogen (secondary N) is 1. The van der Waals surface area contributed by atoms with E-state index < -0.39 is 5.54 Å². The molecule has 1 aromatic carbocycles. The zero-order valence-corrected chi connectivity index (χ0v) is 14.9. The maximum atomic E-state index is 12.6. The highest BCUT2D eigenvalue weighted by Crippen LogP contribution is 2.28. The standard InChI is InChI=1S/C18H23N3O3.ClH/c19-18(10-4-1-5-11-18)17(24)20-14-7-3-2-6-13(14)12-21-15(22)8-9-16(21)23;/h2-3,6-7H,1,4-5,8-12,19H2,(H,20,24);1H. The number of imide groups is 1. The molecular formula is C18H24ClN3O3. The Bertz CT molecular complexity index is 655. The zero-order chi connectivity index (χ0) is 17.2. The van der Waals surface area contributed by atoms with Crippen molar-refractivity contribution in [1.82, 2.24) is 4.90 Å². The Morgan fingerprint density at radius 3 is 2.32 bits per heavy atom. The second kappa shape index (κ2) is 7.97. The largest absolute Gasteiger partial charge is 0.324 e. The lowest BCUT2D eigenvalue weighted by Gasteiger charge is -2.32. The van der Waals surface area contributed by atoms with Gasteiger partial charge in [0.2, 0.25) is 17.7 Å². The van der Waals surface area contributed by atoms with Gasteiger partial charge in [0.05, 0.1) is 12.1 Å². The van der Waals surface area contributed by atoms with Crippen LogP contribution in [0.2, 0.25) is 0 Å². The minimum absolute atomic E-state index is 0. The SMILES string of the molecule is Cl.NC1(C(=O)Nc2ccccc2CN2C(=O)CCC2=O)CCCCC1. The van der Waals surface area contributed by atoms with Gasteiger partial charge in [-0.3, -0.25) is 19.3 Å². The van der Waals surface area contributed by atoms with E-state index in [4.69, 9.17) is 5.73 Å². The molecule has 0 unspecified atom stereocenters. The quantitative estimate of drug-likeness (QED) is 0.801. The molecule has 1 aliphatic carbocycles. The van der Waals surface area contributed by atoms with Crippen molar-refractivity contribution in [2.75, 3.05) is 5.32 Å². The van der Waals surface area contributed by atoms with Crippen LogP contribution in [0.1, 0.15) is 50.5 Å². The Morgan fingerprint density at radius 1 is 1.08 bits per heavy atom. The van der Waals surface area contributed by atoms with E-state index in [0.29, 0.717) is 18.5 Å². The predicted octanol–water partition coefficient (Wildman–Crippen LogP) is 2.36. The summed E-state index contributed by atoms with van der Waals surface area (Å²) in [6, 6.07) is 7.24. The van der Waals surface area contributed by atoms with E-state index in [1.165, 1.54) is 4.90 Å². The van der Waals surface area contributed by atoms with Crippen LogP contribution in [0, 0.1) is 0 Å². The molecular weight excluding hydrogens is 342 g/mol. The number of carbonyl (C=O) groups is 3. The number of rotatable bonds is 4. The van der Waals surface area contributed by atoms with Crippen molar-refractivity contribution in [1.29, 1.82) is 0 Å². The summed E-state index contributed by atoms with van der Waals surface area (Å²) >= 11 is 0. The average molecular weight is 366 g/mol. The van der Waals surface area contributed by atoms with E-state index in [2.05, 4.69) is 5.32 Å². The topological polar surface area (TPSA) is 92.5 Å². The van der Waals surface area contributed by atoms with Crippen molar-refractivity contribution in [2.24, 2.45) is 5.73 Å². The molecule has 1 aromatic rings. The third kappa shape index (κ3) is 4.19. The van der Waals surface area contributed by atoms with E-state index in [0.717, 1.165) is 24.8 Å². The van der Waals surface area contributed by atoms with Crippen molar-refractivity contribution >= 4 is 35.8 Å². The Balaban J connectivity index is 0.00000225. The number of hydrogen-bond donors (Lipinski definition) is 2. The Labute approximate surface area is 153 Å². The molecule has 0 aromatic heterocycles. The van der Waals surface area contributed by atoms with E-state index in [-0.39, 0.29) is 49.5 Å². The van der Waals surface area contributed by atoms with Crippen LogP contribution in [0.25, 0.3) is 0 Å². The first-order chi connectivity index (χ1) is 11.5. The van der Waals surface area contributed by atoms with Gasteiger partial charge in [-0.15, -0.1) is 12.4 Å². The molecule has 1 aliphatic heterocycles. The summed E-state index contributed by atoms with van der Waals surface area (Å²) in [7, 11) is 0. The smallest absolute Gasteiger partial charge is 0.244 e. The number of halogens is 1. The molecule has 0 atom stereocenters. The van der Waals surface area contributed by atoms with Gasteiger partial charge < -0.3 is 11.1 Å². The molecule has 3 rings (SSSR count). The van der Waals surface area contributed by atoms with E-state index >= 15 is 0 Å². The van der Waals surface area contributed by atoms with Gasteiger partial charge >= 0.3 is 0 Å². The van der Waals surface area contributed by atoms with Crippen LogP contribution in [-0.2, 0) is 20.9 Å². The summed E-state index contributed by atoms with van der Waals surface area (Å²) in [6.45, 7) is 0.186. The molecule has 1 saturated carbocycles. The predicted molar refractivity (Wildman–Crippen MR) is 97.1 cm³/mol. The molecule has 1 saturated heterocycles. The lowest BCUT2D eigenvalue weighted by molar-refractivity contribution is -0.139. The Morgan fingerprint density at radius 2 is 1.68 bits per heavy atom. The summed E-state index contributed by atoms with van der Waals surface area (Å²) in [5, 5.41) is 2.91. The fourth-order valence-electron chi connectivity index (χ4n) is 3.41. The number of likely N-dealkylation sites (tertiary alicyclic amines) is 1. The number of benzene rings is 1. The highest BCUT2D eigenvalue weighted by atomic mass is 35.5. The Hall–Kier alpha value is -1.92. The van der Waals surface area contributed by atoms with Gasteiger partial charge in [0, 0.05) is 18.5 Å². The van der Waals surface area contributed by atoms with Gasteiger partial charge in [0.15, 0.2) is 0 Å². The number of carbonyl (C=O) groups excluding carboxylic acids is 3. The average Bonchev–Trinajstić information content (AvgIpc) is 2.89. The third-order valence-corrected chi connectivity index (χ3v) is 4.95. The second-order valence-electron chi connectivity index (χ2n) is 6.70. The summed E-state index contributed by atoms with van der Waals surface area (Å²) < 4.78 is 0. The molecule has 2 fully saturated rings. The van der Waals surface area contributed by atoms with Crippen LogP contribution < -0.4 is 11.1 Å².